The van der Waals surface area contributed by atoms with Gasteiger partial charge in [-0.2, -0.15) is 4.09 Å². The number of anilines is 1. The summed E-state index contributed by atoms with van der Waals surface area (Å²) in [6.07, 6.45) is 0.0290. The lowest BCUT2D eigenvalue weighted by molar-refractivity contribution is -0.142. The summed E-state index contributed by atoms with van der Waals surface area (Å²) < 4.78 is 6.34. The number of carbonyl (C=O) groups excluding carboxylic acids is 2. The van der Waals surface area contributed by atoms with Gasteiger partial charge in [-0.05, 0) is 29.3 Å². The molecule has 0 saturated heterocycles. The monoisotopic (exact) mass is 405 g/mol. The fourth-order valence-corrected chi connectivity index (χ4v) is 3.41. The highest BCUT2D eigenvalue weighted by molar-refractivity contribution is 7.98. The van der Waals surface area contributed by atoms with Gasteiger partial charge in [0.1, 0.15) is 5.01 Å². The summed E-state index contributed by atoms with van der Waals surface area (Å²) >= 11 is 2.28. The van der Waals surface area contributed by atoms with Gasteiger partial charge in [0.2, 0.25) is 11.0 Å². The van der Waals surface area contributed by atoms with Crippen molar-refractivity contribution in [2.24, 2.45) is 0 Å². The summed E-state index contributed by atoms with van der Waals surface area (Å²) in [7, 11) is 0. The maximum atomic E-state index is 12.1. The second-order valence-corrected chi connectivity index (χ2v) is 7.00. The Morgan fingerprint density at radius 1 is 1.22 bits per heavy atom. The van der Waals surface area contributed by atoms with E-state index in [9.17, 15) is 9.59 Å². The first-order chi connectivity index (χ1) is 13.2. The van der Waals surface area contributed by atoms with Crippen LogP contribution >= 0.6 is 23.3 Å². The van der Waals surface area contributed by atoms with E-state index in [-0.39, 0.29) is 24.1 Å². The number of nitrogens with one attached hydrogen (secondary N) is 1. The van der Waals surface area contributed by atoms with Crippen LogP contribution in [-0.2, 0) is 20.7 Å². The highest BCUT2D eigenvalue weighted by atomic mass is 32.2. The van der Waals surface area contributed by atoms with Crippen LogP contribution in [-0.4, -0.2) is 54.0 Å². The van der Waals surface area contributed by atoms with Crippen LogP contribution in [0.15, 0.2) is 30.3 Å². The lowest BCUT2D eigenvalue weighted by Crippen LogP contribution is -2.15. The van der Waals surface area contributed by atoms with Gasteiger partial charge >= 0.3 is 5.97 Å². The standard InChI is InChI=1S/C15H15N7O3S2/c1-2-25-13(24)8-12-17-19-15(27-12)16-11(23)9-26-22-14(18-20-21-22)10-6-4-3-5-7-10/h3-7H,2,8-9H2,1H3,(H,16,19,23). The van der Waals surface area contributed by atoms with Crippen LogP contribution in [0.25, 0.3) is 11.4 Å². The number of tetrazole rings is 1. The predicted octanol–water partition coefficient (Wildman–Crippen LogP) is 1.43. The van der Waals surface area contributed by atoms with Gasteiger partial charge in [-0.15, -0.1) is 15.3 Å². The van der Waals surface area contributed by atoms with E-state index in [0.29, 0.717) is 22.6 Å². The molecule has 27 heavy (non-hydrogen) atoms. The molecule has 0 aliphatic rings. The van der Waals surface area contributed by atoms with Crippen LogP contribution in [0.1, 0.15) is 11.9 Å². The second kappa shape index (κ2) is 9.19. The summed E-state index contributed by atoms with van der Waals surface area (Å²) in [4.78, 5) is 23.6. The lowest BCUT2D eigenvalue weighted by atomic mass is 10.2. The second-order valence-electron chi connectivity index (χ2n) is 5.05. The number of nitrogens with zero attached hydrogens (tertiary/aromatic N) is 6. The van der Waals surface area contributed by atoms with Crippen LogP contribution in [0.2, 0.25) is 0 Å². The van der Waals surface area contributed by atoms with Crippen molar-refractivity contribution in [3.8, 4) is 11.4 Å². The number of ether oxygens (including phenoxy) is 1. The Morgan fingerprint density at radius 2 is 2.04 bits per heavy atom. The van der Waals surface area contributed by atoms with E-state index in [2.05, 4.69) is 31.0 Å². The molecule has 0 aliphatic carbocycles. The molecular weight excluding hydrogens is 390 g/mol. The van der Waals surface area contributed by atoms with Gasteiger partial charge in [0.25, 0.3) is 0 Å². The van der Waals surface area contributed by atoms with Crippen molar-refractivity contribution in [3.05, 3.63) is 35.3 Å². The molecule has 0 radical (unpaired) electrons. The van der Waals surface area contributed by atoms with E-state index in [1.165, 1.54) is 4.09 Å². The van der Waals surface area contributed by atoms with Crippen molar-refractivity contribution in [1.82, 2.24) is 29.8 Å². The molecule has 0 bridgehead atoms. The molecular formula is C15H15N7O3S2. The number of benzene rings is 1. The average molecular weight is 405 g/mol. The topological polar surface area (TPSA) is 125 Å². The zero-order chi connectivity index (χ0) is 19.1. The molecule has 140 valence electrons. The van der Waals surface area contributed by atoms with Crippen LogP contribution in [0.5, 0.6) is 0 Å². The Bertz CT molecular complexity index is 913. The molecule has 1 N–H and O–H groups in total. The third-order valence-electron chi connectivity index (χ3n) is 3.11. The summed E-state index contributed by atoms with van der Waals surface area (Å²) in [5.74, 6) is -0.0268. The van der Waals surface area contributed by atoms with Gasteiger partial charge in [-0.1, -0.05) is 41.7 Å². The van der Waals surface area contributed by atoms with E-state index in [0.717, 1.165) is 28.8 Å². The first-order valence-electron chi connectivity index (χ1n) is 7.90. The van der Waals surface area contributed by atoms with Gasteiger partial charge in [-0.25, -0.2) is 0 Å². The van der Waals surface area contributed by atoms with Gasteiger partial charge < -0.3 is 4.74 Å². The quantitative estimate of drug-likeness (QED) is 0.554. The number of carbonyl (C=O) groups is 2. The van der Waals surface area contributed by atoms with Crippen molar-refractivity contribution < 1.29 is 14.3 Å². The maximum absolute atomic E-state index is 12.1. The molecule has 10 nitrogen and oxygen atoms in total. The van der Waals surface area contributed by atoms with E-state index < -0.39 is 0 Å². The Balaban J connectivity index is 1.53. The average Bonchev–Trinajstić information content (AvgIpc) is 3.30. The first kappa shape index (κ1) is 18.9. The summed E-state index contributed by atoms with van der Waals surface area (Å²) in [5, 5.41) is 22.7. The first-order valence-corrected chi connectivity index (χ1v) is 9.66. The molecule has 1 aromatic carbocycles. The Labute approximate surface area is 162 Å². The molecule has 2 aromatic heterocycles. The fourth-order valence-electron chi connectivity index (χ4n) is 2.01. The molecule has 0 atom stereocenters. The Morgan fingerprint density at radius 3 is 2.81 bits per heavy atom. The lowest BCUT2D eigenvalue weighted by Gasteiger charge is -2.03. The highest BCUT2D eigenvalue weighted by Crippen LogP contribution is 2.20. The molecule has 0 unspecified atom stereocenters. The summed E-state index contributed by atoms with van der Waals surface area (Å²) in [5.41, 5.74) is 0.850. The minimum atomic E-state index is -0.380. The zero-order valence-electron chi connectivity index (χ0n) is 14.2. The van der Waals surface area contributed by atoms with Crippen LogP contribution in [0.4, 0.5) is 5.13 Å². The number of hydrogen-bond donors (Lipinski definition) is 1. The maximum Gasteiger partial charge on any atom is 0.312 e. The number of rotatable bonds is 8. The molecule has 2 heterocycles. The fraction of sp³-hybridized carbons (Fsp3) is 0.267. The SMILES string of the molecule is CCOC(=O)Cc1nnc(NC(=O)CSn2nnnc2-c2ccccc2)s1. The van der Waals surface area contributed by atoms with Gasteiger partial charge in [0.05, 0.1) is 18.8 Å². The number of esters is 1. The largest absolute Gasteiger partial charge is 0.466 e. The highest BCUT2D eigenvalue weighted by Gasteiger charge is 2.14. The van der Waals surface area contributed by atoms with E-state index in [1.54, 1.807) is 6.92 Å². The van der Waals surface area contributed by atoms with E-state index in [1.807, 2.05) is 30.3 Å². The van der Waals surface area contributed by atoms with E-state index in [4.69, 9.17) is 4.74 Å². The number of aromatic nitrogens is 6. The van der Waals surface area contributed by atoms with Crippen molar-refractivity contribution in [2.75, 3.05) is 17.7 Å². The van der Waals surface area contributed by atoms with Crippen molar-refractivity contribution in [3.63, 3.8) is 0 Å². The van der Waals surface area contributed by atoms with Gasteiger partial charge in [0.15, 0.2) is 5.82 Å². The Hall–Kier alpha value is -2.86. The van der Waals surface area contributed by atoms with Crippen LogP contribution < -0.4 is 5.32 Å². The summed E-state index contributed by atoms with van der Waals surface area (Å²) in [6.45, 7) is 2.04. The molecule has 0 aliphatic heterocycles. The number of hydrogen-bond acceptors (Lipinski definition) is 10. The van der Waals surface area contributed by atoms with E-state index >= 15 is 0 Å². The molecule has 3 rings (SSSR count). The van der Waals surface area contributed by atoms with Crippen molar-refractivity contribution in [1.29, 1.82) is 0 Å². The van der Waals surface area contributed by atoms with Crippen molar-refractivity contribution >= 4 is 40.3 Å². The molecule has 12 heteroatoms. The van der Waals surface area contributed by atoms with Crippen molar-refractivity contribution in [2.45, 2.75) is 13.3 Å². The van der Waals surface area contributed by atoms with Gasteiger partial charge in [-0.3, -0.25) is 14.9 Å². The third kappa shape index (κ3) is 5.31. The molecule has 0 spiro atoms. The Kier molecular flexibility index (Phi) is 6.44. The zero-order valence-corrected chi connectivity index (χ0v) is 15.9. The van der Waals surface area contributed by atoms with Crippen LogP contribution in [0.3, 0.4) is 0 Å². The minimum absolute atomic E-state index is 0.0290. The predicted molar refractivity (Wildman–Crippen MR) is 100.0 cm³/mol. The number of amides is 1. The molecule has 0 saturated carbocycles. The third-order valence-corrected chi connectivity index (χ3v) is 4.83. The molecule has 0 fully saturated rings. The van der Waals surface area contributed by atoms with Crippen LogP contribution in [0, 0.1) is 0 Å². The van der Waals surface area contributed by atoms with Gasteiger partial charge in [0, 0.05) is 5.56 Å². The molecule has 3 aromatic rings. The summed E-state index contributed by atoms with van der Waals surface area (Å²) in [6, 6.07) is 9.44. The molecule has 1 amide bonds. The smallest absolute Gasteiger partial charge is 0.312 e. The minimum Gasteiger partial charge on any atom is -0.466 e. The normalized spacial score (nSPS) is 10.6.